The summed E-state index contributed by atoms with van der Waals surface area (Å²) in [6.07, 6.45) is 5.80. The van der Waals surface area contributed by atoms with Crippen molar-refractivity contribution in [1.29, 1.82) is 0 Å². The van der Waals surface area contributed by atoms with E-state index in [1.807, 2.05) is 0 Å². The van der Waals surface area contributed by atoms with Crippen LogP contribution in [-0.2, 0) is 0 Å². The highest BCUT2D eigenvalue weighted by Crippen LogP contribution is 2.26. The Labute approximate surface area is 73.9 Å². The number of rotatable bonds is 2. The molecule has 0 aromatic carbocycles. The first-order chi connectivity index (χ1) is 5.75. The minimum Gasteiger partial charge on any atom is -0.393 e. The third-order valence-corrected chi connectivity index (χ3v) is 2.71. The third-order valence-electron chi connectivity index (χ3n) is 2.71. The average molecular weight is 170 g/mol. The van der Waals surface area contributed by atoms with Gasteiger partial charge in [-0.1, -0.05) is 25.3 Å². The van der Waals surface area contributed by atoms with Crippen molar-refractivity contribution in [2.45, 2.75) is 44.3 Å². The maximum absolute atomic E-state index is 9.64. The molecule has 12 heavy (non-hydrogen) atoms. The van der Waals surface area contributed by atoms with Crippen LogP contribution in [0.3, 0.4) is 0 Å². The molecule has 1 aliphatic carbocycles. The van der Waals surface area contributed by atoms with Gasteiger partial charge in [-0.2, -0.15) is 0 Å². The summed E-state index contributed by atoms with van der Waals surface area (Å²) in [4.78, 5) is 0. The van der Waals surface area contributed by atoms with Crippen LogP contribution in [0.25, 0.3) is 0 Å². The largest absolute Gasteiger partial charge is 0.393 e. The fourth-order valence-corrected chi connectivity index (χ4v) is 1.89. The summed E-state index contributed by atoms with van der Waals surface area (Å²) < 4.78 is 0. The van der Waals surface area contributed by atoms with Crippen LogP contribution in [0.1, 0.15) is 32.1 Å². The third kappa shape index (κ3) is 2.32. The minimum absolute atomic E-state index is 0.0185. The Morgan fingerprint density at radius 1 is 1.25 bits per heavy atom. The summed E-state index contributed by atoms with van der Waals surface area (Å²) in [5, 5.41) is 19.1. The van der Waals surface area contributed by atoms with E-state index < -0.39 is 6.10 Å². The van der Waals surface area contributed by atoms with E-state index in [2.05, 4.69) is 6.58 Å². The van der Waals surface area contributed by atoms with Gasteiger partial charge >= 0.3 is 0 Å². The highest BCUT2D eigenvalue weighted by molar-refractivity contribution is 4.88. The van der Waals surface area contributed by atoms with Crippen LogP contribution in [0.2, 0.25) is 0 Å². The molecule has 0 aromatic heterocycles. The van der Waals surface area contributed by atoms with Crippen molar-refractivity contribution in [2.75, 3.05) is 0 Å². The molecule has 1 fully saturated rings. The van der Waals surface area contributed by atoms with Gasteiger partial charge < -0.3 is 10.2 Å². The molecule has 0 radical (unpaired) electrons. The van der Waals surface area contributed by atoms with Gasteiger partial charge in [-0.25, -0.2) is 0 Å². The summed E-state index contributed by atoms with van der Waals surface area (Å²) in [6.45, 7) is 3.54. The lowest BCUT2D eigenvalue weighted by Crippen LogP contribution is -2.29. The predicted molar refractivity (Wildman–Crippen MR) is 48.8 cm³/mol. The molecule has 1 rings (SSSR count). The lowest BCUT2D eigenvalue weighted by Gasteiger charge is -2.23. The van der Waals surface area contributed by atoms with Crippen LogP contribution < -0.4 is 0 Å². The molecule has 0 bridgehead atoms. The summed E-state index contributed by atoms with van der Waals surface area (Å²) >= 11 is 0. The molecule has 0 heterocycles. The van der Waals surface area contributed by atoms with Crippen molar-refractivity contribution in [3.05, 3.63) is 12.7 Å². The molecule has 0 spiro atoms. The van der Waals surface area contributed by atoms with Gasteiger partial charge in [-0.15, -0.1) is 6.58 Å². The van der Waals surface area contributed by atoms with Crippen LogP contribution in [-0.4, -0.2) is 22.4 Å². The topological polar surface area (TPSA) is 40.5 Å². The van der Waals surface area contributed by atoms with Gasteiger partial charge in [0.2, 0.25) is 0 Å². The fraction of sp³-hybridized carbons (Fsp3) is 0.800. The molecular formula is C10H18O2. The molecule has 3 unspecified atom stereocenters. The lowest BCUT2D eigenvalue weighted by molar-refractivity contribution is 0.0312. The first kappa shape index (κ1) is 9.75. The van der Waals surface area contributed by atoms with E-state index in [1.165, 1.54) is 12.5 Å². The number of hydrogen-bond donors (Lipinski definition) is 2. The summed E-state index contributed by atoms with van der Waals surface area (Å²) in [5.74, 6) is 0.0185. The van der Waals surface area contributed by atoms with Crippen molar-refractivity contribution in [2.24, 2.45) is 5.92 Å². The van der Waals surface area contributed by atoms with Crippen LogP contribution in [0, 0.1) is 5.92 Å². The molecule has 0 aromatic rings. The molecule has 1 saturated carbocycles. The van der Waals surface area contributed by atoms with Gasteiger partial charge in [0.25, 0.3) is 0 Å². The summed E-state index contributed by atoms with van der Waals surface area (Å²) in [7, 11) is 0. The van der Waals surface area contributed by atoms with E-state index in [0.717, 1.165) is 25.7 Å². The minimum atomic E-state index is -0.530. The number of hydrogen-bond acceptors (Lipinski definition) is 2. The highest BCUT2D eigenvalue weighted by atomic mass is 16.3. The van der Waals surface area contributed by atoms with Gasteiger partial charge in [-0.3, -0.25) is 0 Å². The summed E-state index contributed by atoms with van der Waals surface area (Å²) in [6, 6.07) is 0. The van der Waals surface area contributed by atoms with Crippen LogP contribution >= 0.6 is 0 Å². The van der Waals surface area contributed by atoms with Crippen molar-refractivity contribution in [3.63, 3.8) is 0 Å². The quantitative estimate of drug-likeness (QED) is 0.486. The van der Waals surface area contributed by atoms with Crippen LogP contribution in [0.4, 0.5) is 0 Å². The van der Waals surface area contributed by atoms with E-state index in [-0.39, 0.29) is 12.0 Å². The maximum Gasteiger partial charge on any atom is 0.0771 e. The SMILES string of the molecule is C=CC(O)C1CCCCCC1O. The molecule has 3 atom stereocenters. The van der Waals surface area contributed by atoms with Gasteiger partial charge in [0, 0.05) is 5.92 Å². The van der Waals surface area contributed by atoms with Crippen molar-refractivity contribution in [3.8, 4) is 0 Å². The Kier molecular flexibility index (Phi) is 3.76. The Morgan fingerprint density at radius 2 is 1.92 bits per heavy atom. The summed E-state index contributed by atoms with van der Waals surface area (Å²) in [5.41, 5.74) is 0. The Morgan fingerprint density at radius 3 is 2.58 bits per heavy atom. The molecule has 1 aliphatic rings. The van der Waals surface area contributed by atoms with Crippen molar-refractivity contribution < 1.29 is 10.2 Å². The molecule has 0 saturated heterocycles. The van der Waals surface area contributed by atoms with Crippen LogP contribution in [0.15, 0.2) is 12.7 Å². The standard InChI is InChI=1S/C10H18O2/c1-2-9(11)8-6-4-3-5-7-10(8)12/h2,8-12H,1,3-7H2. The van der Waals surface area contributed by atoms with Crippen molar-refractivity contribution in [1.82, 2.24) is 0 Å². The fourth-order valence-electron chi connectivity index (χ4n) is 1.89. The second-order valence-corrected chi connectivity index (χ2v) is 3.60. The van der Waals surface area contributed by atoms with E-state index >= 15 is 0 Å². The molecule has 2 nitrogen and oxygen atoms in total. The zero-order chi connectivity index (χ0) is 8.97. The Bertz CT molecular complexity index is 145. The Hall–Kier alpha value is -0.340. The highest BCUT2D eigenvalue weighted by Gasteiger charge is 2.26. The first-order valence-electron chi connectivity index (χ1n) is 4.74. The van der Waals surface area contributed by atoms with E-state index in [4.69, 9.17) is 0 Å². The maximum atomic E-state index is 9.64. The van der Waals surface area contributed by atoms with Gasteiger partial charge in [0.1, 0.15) is 0 Å². The monoisotopic (exact) mass is 170 g/mol. The van der Waals surface area contributed by atoms with Gasteiger partial charge in [-0.05, 0) is 12.8 Å². The molecule has 70 valence electrons. The molecule has 2 heteroatoms. The number of aliphatic hydroxyl groups is 2. The zero-order valence-corrected chi connectivity index (χ0v) is 7.45. The van der Waals surface area contributed by atoms with E-state index in [0.29, 0.717) is 0 Å². The number of aliphatic hydroxyl groups excluding tert-OH is 2. The molecule has 0 aliphatic heterocycles. The van der Waals surface area contributed by atoms with E-state index in [9.17, 15) is 10.2 Å². The second-order valence-electron chi connectivity index (χ2n) is 3.60. The normalized spacial score (nSPS) is 33.8. The first-order valence-corrected chi connectivity index (χ1v) is 4.74. The lowest BCUT2D eigenvalue weighted by atomic mass is 9.91. The van der Waals surface area contributed by atoms with E-state index in [1.54, 1.807) is 0 Å². The molecule has 0 amide bonds. The molecule has 2 N–H and O–H groups in total. The smallest absolute Gasteiger partial charge is 0.0771 e. The zero-order valence-electron chi connectivity index (χ0n) is 7.45. The van der Waals surface area contributed by atoms with Gasteiger partial charge in [0.15, 0.2) is 0 Å². The Balaban J connectivity index is 2.52. The predicted octanol–water partition coefficient (Wildman–Crippen LogP) is 1.47. The second kappa shape index (κ2) is 4.63. The molecular weight excluding hydrogens is 152 g/mol. The van der Waals surface area contributed by atoms with Crippen molar-refractivity contribution >= 4 is 0 Å². The average Bonchev–Trinajstić information content (AvgIpc) is 2.28. The van der Waals surface area contributed by atoms with Crippen LogP contribution in [0.5, 0.6) is 0 Å². The van der Waals surface area contributed by atoms with Gasteiger partial charge in [0.05, 0.1) is 12.2 Å².